The van der Waals surface area contributed by atoms with E-state index < -0.39 is 36.7 Å². The Morgan fingerprint density at radius 3 is 2.17 bits per heavy atom. The molecule has 3 atom stereocenters. The Bertz CT molecular complexity index is 1530. The van der Waals surface area contributed by atoms with E-state index in [1.165, 1.54) is 75.2 Å². The molecule has 2 spiro atoms. The van der Waals surface area contributed by atoms with Crippen LogP contribution in [0.5, 0.6) is 0 Å². The van der Waals surface area contributed by atoms with Crippen LogP contribution in [0.1, 0.15) is 118 Å². The number of rotatable bonds is 10. The highest BCUT2D eigenvalue weighted by Gasteiger charge is 2.69. The van der Waals surface area contributed by atoms with Crippen molar-refractivity contribution >= 4 is 36.4 Å². The van der Waals surface area contributed by atoms with Gasteiger partial charge in [0.05, 0.1) is 19.0 Å². The largest absolute Gasteiger partial charge is 0.461 e. The molecule has 2 unspecified atom stereocenters. The van der Waals surface area contributed by atoms with Crippen LogP contribution in [0, 0.1) is 10.8 Å². The highest BCUT2D eigenvalue weighted by atomic mass is 31.2. The monoisotopic (exact) mass is 685 g/mol. The number of hydrogen-bond donors (Lipinski definition) is 2. The van der Waals surface area contributed by atoms with Gasteiger partial charge in [-0.3, -0.25) is 9.36 Å². The number of aromatic nitrogens is 4. The van der Waals surface area contributed by atoms with Gasteiger partial charge in [-0.15, -0.1) is 0 Å². The minimum atomic E-state index is -3.60. The molecule has 5 aliphatic rings. The average Bonchev–Trinajstić information content (AvgIpc) is 3.42. The van der Waals surface area contributed by atoms with Crippen molar-refractivity contribution in [2.75, 3.05) is 12.1 Å². The summed E-state index contributed by atoms with van der Waals surface area (Å²) in [4.78, 5) is 40.4. The Balaban J connectivity index is 1.04. The second kappa shape index (κ2) is 12.3. The van der Waals surface area contributed by atoms with E-state index in [1.807, 2.05) is 6.92 Å². The number of fused-ring (bicyclic) bond motifs is 1. The van der Waals surface area contributed by atoms with Crippen LogP contribution >= 0.6 is 7.44 Å². The summed E-state index contributed by atoms with van der Waals surface area (Å²) in [5.74, 6) is -0.720. The number of imidazole rings is 1. The molecule has 48 heavy (non-hydrogen) atoms. The Kier molecular flexibility index (Phi) is 8.69. The van der Waals surface area contributed by atoms with Crippen molar-refractivity contribution in [1.82, 2.24) is 29.3 Å². The van der Waals surface area contributed by atoms with Gasteiger partial charge in [0.25, 0.3) is 0 Å². The first-order chi connectivity index (χ1) is 22.8. The highest BCUT2D eigenvalue weighted by molar-refractivity contribution is 7.61. The van der Waals surface area contributed by atoms with E-state index in [-0.39, 0.29) is 29.8 Å². The summed E-state index contributed by atoms with van der Waals surface area (Å²) in [6.45, 7) is 7.25. The van der Waals surface area contributed by atoms with E-state index in [1.54, 1.807) is 31.7 Å². The van der Waals surface area contributed by atoms with Gasteiger partial charge in [0, 0.05) is 0 Å². The molecule has 0 bridgehead atoms. The number of anilines is 1. The average molecular weight is 686 g/mol. The maximum Gasteiger partial charge on any atom is 0.342 e. The normalized spacial score (nSPS) is 30.7. The third-order valence-corrected chi connectivity index (χ3v) is 14.8. The number of hydrogen-bond acceptors (Lipinski definition) is 10. The van der Waals surface area contributed by atoms with E-state index in [2.05, 4.69) is 20.0 Å². The van der Waals surface area contributed by atoms with Crippen LogP contribution < -0.4 is 10.8 Å². The summed E-state index contributed by atoms with van der Waals surface area (Å²) in [7, 11) is -3.60. The lowest BCUT2D eigenvalue weighted by atomic mass is 9.59. The Morgan fingerprint density at radius 2 is 1.56 bits per heavy atom. The van der Waals surface area contributed by atoms with Crippen LogP contribution in [0.15, 0.2) is 12.7 Å². The molecule has 4 saturated carbocycles. The topological polar surface area (TPSA) is 164 Å². The van der Waals surface area contributed by atoms with Gasteiger partial charge in [-0.2, -0.15) is 4.67 Å². The van der Waals surface area contributed by atoms with Crippen molar-refractivity contribution in [2.45, 2.75) is 154 Å². The molecule has 0 amide bonds. The third-order valence-electron chi connectivity index (χ3n) is 12.0. The molecule has 5 fully saturated rings. The summed E-state index contributed by atoms with van der Waals surface area (Å²) < 4.78 is 36.3. The third kappa shape index (κ3) is 5.96. The van der Waals surface area contributed by atoms with Crippen molar-refractivity contribution in [3.8, 4) is 0 Å². The van der Waals surface area contributed by atoms with Crippen LogP contribution in [-0.2, 0) is 34.9 Å². The smallest absolute Gasteiger partial charge is 0.342 e. The quantitative estimate of drug-likeness (QED) is 0.233. The molecule has 2 aromatic heterocycles. The first kappa shape index (κ1) is 33.9. The number of esters is 2. The molecule has 1 aliphatic heterocycles. The highest BCUT2D eigenvalue weighted by Crippen LogP contribution is 2.64. The van der Waals surface area contributed by atoms with Crippen molar-refractivity contribution in [2.24, 2.45) is 10.8 Å². The predicted octanol–water partition coefficient (Wildman–Crippen LogP) is 5.68. The van der Waals surface area contributed by atoms with Crippen LogP contribution in [0.4, 0.5) is 5.82 Å². The van der Waals surface area contributed by atoms with E-state index in [4.69, 9.17) is 19.9 Å². The maximum atomic E-state index is 14.7. The molecule has 4 aliphatic carbocycles. The summed E-state index contributed by atoms with van der Waals surface area (Å²) in [5.41, 5.74) is 4.72. The van der Waals surface area contributed by atoms with Crippen LogP contribution in [0.2, 0.25) is 0 Å². The molecule has 13 nitrogen and oxygen atoms in total. The van der Waals surface area contributed by atoms with Crippen LogP contribution in [0.3, 0.4) is 0 Å². The van der Waals surface area contributed by atoms with Gasteiger partial charge in [-0.25, -0.2) is 24.8 Å². The summed E-state index contributed by atoms with van der Waals surface area (Å²) >= 11 is 0. The fourth-order valence-corrected chi connectivity index (χ4v) is 12.7. The maximum absolute atomic E-state index is 14.7. The number of nitrogens with zero attached hydrogens (tertiary/aromatic N) is 5. The molecule has 14 heteroatoms. The summed E-state index contributed by atoms with van der Waals surface area (Å²) in [6, 6.07) is 0. The second-order valence-corrected chi connectivity index (χ2v) is 18.5. The zero-order valence-corrected chi connectivity index (χ0v) is 29.8. The fourth-order valence-electron chi connectivity index (χ4n) is 9.54. The molecule has 264 valence electrons. The van der Waals surface area contributed by atoms with E-state index >= 15 is 0 Å². The number of carbonyl (C=O) groups is 2. The van der Waals surface area contributed by atoms with Gasteiger partial charge >= 0.3 is 11.9 Å². The number of nitrogen functional groups attached to an aromatic ring is 1. The van der Waals surface area contributed by atoms with E-state index in [9.17, 15) is 14.2 Å². The number of nitrogens with two attached hydrogens (primary N) is 1. The molecule has 0 radical (unpaired) electrons. The summed E-state index contributed by atoms with van der Waals surface area (Å²) in [5, 5.41) is 3.07. The van der Waals surface area contributed by atoms with Gasteiger partial charge in [0.2, 0.25) is 7.44 Å². The lowest BCUT2D eigenvalue weighted by molar-refractivity contribution is -0.189. The molecule has 2 aromatic rings. The van der Waals surface area contributed by atoms with Gasteiger partial charge in [-0.05, 0) is 89.9 Å². The van der Waals surface area contributed by atoms with Crippen molar-refractivity contribution in [1.29, 1.82) is 0 Å². The fraction of sp³-hybridized carbons (Fsp3) is 0.794. The van der Waals surface area contributed by atoms with E-state index in [0.717, 1.165) is 25.7 Å². The first-order valence-corrected chi connectivity index (χ1v) is 19.8. The SMILES string of the molecule is C[C@H](Cn1cnc2c(N)ncnc21)OCP1(=O)NC(C)(C(=O)OC2CC3(CCCCC3)C2)N1C(C)(C)C(=O)OC1CC2(CCCCC2)C1. The lowest BCUT2D eigenvalue weighted by Gasteiger charge is -2.60. The van der Waals surface area contributed by atoms with Gasteiger partial charge in [0.15, 0.2) is 17.1 Å². The molecular weight excluding hydrogens is 633 g/mol. The van der Waals surface area contributed by atoms with Crippen molar-refractivity contribution in [3.05, 3.63) is 12.7 Å². The molecule has 7 rings (SSSR count). The molecule has 3 N–H and O–H groups in total. The first-order valence-electron chi connectivity index (χ1n) is 17.9. The predicted molar refractivity (Wildman–Crippen MR) is 179 cm³/mol. The number of carbonyl (C=O) groups excluding carboxylic acids is 2. The van der Waals surface area contributed by atoms with Gasteiger partial charge in [0.1, 0.15) is 35.9 Å². The Hall–Kier alpha value is -2.60. The van der Waals surface area contributed by atoms with Gasteiger partial charge in [-0.1, -0.05) is 38.5 Å². The number of nitrogens with one attached hydrogen (secondary N) is 1. The molecule has 1 saturated heterocycles. The minimum Gasteiger partial charge on any atom is -0.461 e. The molecular formula is C34H52N7O6P. The van der Waals surface area contributed by atoms with Crippen molar-refractivity contribution in [3.63, 3.8) is 0 Å². The van der Waals surface area contributed by atoms with E-state index in [0.29, 0.717) is 23.1 Å². The molecule has 3 heterocycles. The minimum absolute atomic E-state index is 0.164. The van der Waals surface area contributed by atoms with Crippen LogP contribution in [-0.4, -0.2) is 72.0 Å². The standard InChI is InChI=1S/C34H52N7O6P/c1-23(19-40-21-38-26-27(35)36-20-37-28(26)40)45-22-48(44)39-32(4,30(43)47-25-17-34(18-25)13-9-6-10-14-34)41(48)31(2,3)29(42)46-24-15-33(16-24)11-7-5-8-12-33/h20-21,23-25H,5-19,22H2,1-4H3,(H,39,44)(H2,35,36,37)/t23-,32?,48?/m1/s1. The van der Waals surface area contributed by atoms with Crippen LogP contribution in [0.25, 0.3) is 11.2 Å². The number of ether oxygens (including phenoxy) is 3. The summed E-state index contributed by atoms with van der Waals surface area (Å²) in [6.07, 6.45) is 17.7. The second-order valence-electron chi connectivity index (χ2n) is 16.2. The van der Waals surface area contributed by atoms with Crippen molar-refractivity contribution < 1.29 is 28.4 Å². The zero-order valence-electron chi connectivity index (χ0n) is 28.9. The lowest BCUT2D eigenvalue weighted by Crippen LogP contribution is -2.77. The molecule has 0 aromatic carbocycles. The zero-order chi connectivity index (χ0) is 34.0. The Labute approximate surface area is 282 Å². The van der Waals surface area contributed by atoms with Gasteiger partial charge < -0.3 is 24.5 Å². The Morgan fingerprint density at radius 1 is 0.979 bits per heavy atom.